The molecule has 4 aromatic rings. The van der Waals surface area contributed by atoms with Gasteiger partial charge in [0, 0.05) is 55.9 Å². The smallest absolute Gasteiger partial charge is 0.261 e. The molecule has 4 heterocycles. The summed E-state index contributed by atoms with van der Waals surface area (Å²) in [5.74, 6) is -0.454. The van der Waals surface area contributed by atoms with Crippen LogP contribution in [0, 0.1) is 19.3 Å². The molecule has 3 aromatic heterocycles. The largest absolute Gasteiger partial charge is 0.464 e. The number of nitrogens with zero attached hydrogens (tertiary/aromatic N) is 4. The van der Waals surface area contributed by atoms with E-state index >= 15 is 0 Å². The third kappa shape index (κ3) is 5.06. The Morgan fingerprint density at radius 3 is 2.66 bits per heavy atom. The Morgan fingerprint density at radius 1 is 1.10 bits per heavy atom. The number of furan rings is 1. The number of pyridine rings is 2. The highest BCUT2D eigenvalue weighted by Crippen LogP contribution is 2.42. The van der Waals surface area contributed by atoms with Crippen molar-refractivity contribution >= 4 is 34.2 Å². The average Bonchev–Trinajstić information content (AvgIpc) is 3.66. The molecule has 1 aromatic carbocycles. The van der Waals surface area contributed by atoms with E-state index in [1.807, 2.05) is 49.2 Å². The summed E-state index contributed by atoms with van der Waals surface area (Å²) in [6.45, 7) is 9.66. The van der Waals surface area contributed by atoms with E-state index in [-0.39, 0.29) is 23.4 Å². The maximum Gasteiger partial charge on any atom is 0.261 e. The Balaban J connectivity index is 1.30. The van der Waals surface area contributed by atoms with Crippen molar-refractivity contribution in [1.82, 2.24) is 14.5 Å². The molecule has 212 valence electrons. The quantitative estimate of drug-likeness (QED) is 0.315. The number of rotatable bonds is 8. The van der Waals surface area contributed by atoms with Crippen LogP contribution in [0.2, 0.25) is 0 Å². The number of aryl methyl sites for hydroxylation is 2. The lowest BCUT2D eigenvalue weighted by Crippen LogP contribution is -2.46. The highest BCUT2D eigenvalue weighted by Gasteiger charge is 2.47. The van der Waals surface area contributed by atoms with Crippen molar-refractivity contribution in [3.8, 4) is 0 Å². The van der Waals surface area contributed by atoms with E-state index in [0.717, 1.165) is 40.9 Å². The highest BCUT2D eigenvalue weighted by molar-refractivity contribution is 6.19. The number of aromatic nitrogens is 2. The standard InChI is InChI=1S/C32H35N5O4/c1-20-17-36(29(38)25-11-15-41-28(20)25)14-13-35(19-23-6-5-12-33-21(23)2)18-22-7-10-27-26(16-22)34-30(39)32(3,4)31(40)37(27)24-8-9-24/h5-7,10-12,15-17,24H,8-9,13-14,18-19H2,1-4H3,(H,34,39). The summed E-state index contributed by atoms with van der Waals surface area (Å²) in [7, 11) is 0. The van der Waals surface area contributed by atoms with Gasteiger partial charge in [-0.3, -0.25) is 24.3 Å². The summed E-state index contributed by atoms with van der Waals surface area (Å²) in [4.78, 5) is 48.1. The summed E-state index contributed by atoms with van der Waals surface area (Å²) in [5, 5.41) is 3.61. The van der Waals surface area contributed by atoms with Gasteiger partial charge in [-0.1, -0.05) is 12.1 Å². The predicted octanol–water partition coefficient (Wildman–Crippen LogP) is 4.78. The van der Waals surface area contributed by atoms with Crippen molar-refractivity contribution in [2.75, 3.05) is 16.8 Å². The van der Waals surface area contributed by atoms with Gasteiger partial charge in [0.25, 0.3) is 5.56 Å². The van der Waals surface area contributed by atoms with Gasteiger partial charge in [-0.05, 0) is 75.9 Å². The zero-order chi connectivity index (χ0) is 28.9. The van der Waals surface area contributed by atoms with E-state index in [9.17, 15) is 14.4 Å². The second kappa shape index (κ2) is 10.3. The van der Waals surface area contributed by atoms with Crippen LogP contribution in [0.4, 0.5) is 11.4 Å². The van der Waals surface area contributed by atoms with Gasteiger partial charge in [0.2, 0.25) is 11.8 Å². The van der Waals surface area contributed by atoms with Crippen LogP contribution in [0.1, 0.15) is 49.1 Å². The number of anilines is 2. The van der Waals surface area contributed by atoms with Gasteiger partial charge in [0.05, 0.1) is 23.0 Å². The lowest BCUT2D eigenvalue weighted by atomic mass is 9.90. The molecule has 2 amide bonds. The molecule has 1 saturated carbocycles. The monoisotopic (exact) mass is 553 g/mol. The number of benzene rings is 1. The fourth-order valence-corrected chi connectivity index (χ4v) is 5.58. The van der Waals surface area contributed by atoms with Crippen LogP contribution in [0.25, 0.3) is 11.0 Å². The maximum atomic E-state index is 13.4. The Hall–Kier alpha value is -4.24. The molecule has 1 fully saturated rings. The fourth-order valence-electron chi connectivity index (χ4n) is 5.58. The summed E-state index contributed by atoms with van der Waals surface area (Å²) in [6.07, 6.45) is 7.08. The summed E-state index contributed by atoms with van der Waals surface area (Å²) in [5.41, 5.74) is 4.81. The second-order valence-electron chi connectivity index (χ2n) is 11.8. The number of carbonyl (C=O) groups is 2. The van der Waals surface area contributed by atoms with Crippen LogP contribution in [0.5, 0.6) is 0 Å². The van der Waals surface area contributed by atoms with E-state index < -0.39 is 5.41 Å². The first-order chi connectivity index (χ1) is 19.6. The van der Waals surface area contributed by atoms with Crippen molar-refractivity contribution in [3.05, 3.63) is 87.8 Å². The molecular weight excluding hydrogens is 518 g/mol. The van der Waals surface area contributed by atoms with Crippen LogP contribution in [0.15, 0.2) is 64.3 Å². The minimum Gasteiger partial charge on any atom is -0.464 e. The zero-order valence-electron chi connectivity index (χ0n) is 23.9. The van der Waals surface area contributed by atoms with Crippen LogP contribution in [-0.2, 0) is 29.2 Å². The first kappa shape index (κ1) is 27.0. The number of hydrogen-bond acceptors (Lipinski definition) is 6. The predicted molar refractivity (Wildman–Crippen MR) is 158 cm³/mol. The molecule has 1 aliphatic heterocycles. The van der Waals surface area contributed by atoms with Gasteiger partial charge < -0.3 is 19.2 Å². The Kier molecular flexibility index (Phi) is 6.77. The third-order valence-corrected chi connectivity index (χ3v) is 8.24. The van der Waals surface area contributed by atoms with Gasteiger partial charge in [-0.25, -0.2) is 0 Å². The van der Waals surface area contributed by atoms with Crippen LogP contribution >= 0.6 is 0 Å². The van der Waals surface area contributed by atoms with Gasteiger partial charge in [0.1, 0.15) is 11.0 Å². The van der Waals surface area contributed by atoms with E-state index in [2.05, 4.69) is 21.3 Å². The number of carbonyl (C=O) groups excluding carboxylic acids is 2. The summed E-state index contributed by atoms with van der Waals surface area (Å²) >= 11 is 0. The molecule has 41 heavy (non-hydrogen) atoms. The molecule has 1 N–H and O–H groups in total. The van der Waals surface area contributed by atoms with E-state index in [1.54, 1.807) is 36.9 Å². The minimum absolute atomic E-state index is 0.0722. The molecule has 0 bridgehead atoms. The van der Waals surface area contributed by atoms with Gasteiger partial charge in [-0.2, -0.15) is 0 Å². The lowest BCUT2D eigenvalue weighted by molar-refractivity contribution is -0.136. The zero-order valence-corrected chi connectivity index (χ0v) is 23.9. The number of hydrogen-bond donors (Lipinski definition) is 1. The van der Waals surface area contributed by atoms with E-state index in [1.165, 1.54) is 0 Å². The van der Waals surface area contributed by atoms with Gasteiger partial charge >= 0.3 is 0 Å². The van der Waals surface area contributed by atoms with Crippen molar-refractivity contribution in [2.45, 2.75) is 66.2 Å². The maximum absolute atomic E-state index is 13.4. The molecule has 9 nitrogen and oxygen atoms in total. The molecule has 0 radical (unpaired) electrons. The number of fused-ring (bicyclic) bond motifs is 2. The number of amides is 2. The van der Waals surface area contributed by atoms with Crippen LogP contribution in [-0.4, -0.2) is 38.9 Å². The third-order valence-electron chi connectivity index (χ3n) is 8.24. The topological polar surface area (TPSA) is 101 Å². The van der Waals surface area contributed by atoms with Gasteiger partial charge in [0.15, 0.2) is 0 Å². The molecule has 0 atom stereocenters. The molecule has 0 unspecified atom stereocenters. The van der Waals surface area contributed by atoms with E-state index in [0.29, 0.717) is 42.8 Å². The molecule has 0 spiro atoms. The molecule has 2 aliphatic rings. The molecular formula is C32H35N5O4. The van der Waals surface area contributed by atoms with Crippen molar-refractivity contribution in [1.29, 1.82) is 0 Å². The SMILES string of the molecule is Cc1ncccc1CN(CCn1cc(C)c2occc2c1=O)Cc1ccc2c(c1)NC(=O)C(C)(C)C(=O)N2C1CC1. The normalized spacial score (nSPS) is 16.7. The fraction of sp³-hybridized carbons (Fsp3) is 0.375. The highest BCUT2D eigenvalue weighted by atomic mass is 16.3. The number of nitrogens with one attached hydrogen (secondary N) is 1. The van der Waals surface area contributed by atoms with Crippen molar-refractivity contribution < 1.29 is 14.0 Å². The molecule has 0 saturated heterocycles. The van der Waals surface area contributed by atoms with E-state index in [4.69, 9.17) is 4.42 Å². The van der Waals surface area contributed by atoms with Crippen LogP contribution in [0.3, 0.4) is 0 Å². The van der Waals surface area contributed by atoms with Crippen molar-refractivity contribution in [3.63, 3.8) is 0 Å². The molecule has 1 aliphatic carbocycles. The average molecular weight is 554 g/mol. The Labute approximate surface area is 238 Å². The molecule has 9 heteroatoms. The Bertz CT molecular complexity index is 1710. The second-order valence-corrected chi connectivity index (χ2v) is 11.8. The molecule has 6 rings (SSSR count). The summed E-state index contributed by atoms with van der Waals surface area (Å²) in [6, 6.07) is 11.8. The summed E-state index contributed by atoms with van der Waals surface area (Å²) < 4.78 is 7.25. The van der Waals surface area contributed by atoms with Crippen molar-refractivity contribution in [2.24, 2.45) is 5.41 Å². The van der Waals surface area contributed by atoms with Crippen LogP contribution < -0.4 is 15.8 Å². The first-order valence-corrected chi connectivity index (χ1v) is 14.1. The minimum atomic E-state index is -1.15. The lowest BCUT2D eigenvalue weighted by Gasteiger charge is -2.28. The first-order valence-electron chi connectivity index (χ1n) is 14.1. The van der Waals surface area contributed by atoms with Gasteiger partial charge in [-0.15, -0.1) is 0 Å². The Morgan fingerprint density at radius 2 is 1.90 bits per heavy atom.